The maximum absolute atomic E-state index is 10.8. The standard InChI is InChI=1S/C7H12N2O3/c1-5(4-11-2)12-7(10)6(9)3-8/h5-6H,4,9H2,1-2H3. The first-order chi connectivity index (χ1) is 5.61. The van der Waals surface area contributed by atoms with Crippen LogP contribution in [0.3, 0.4) is 0 Å². The molecule has 2 atom stereocenters. The van der Waals surface area contributed by atoms with Gasteiger partial charge in [0.2, 0.25) is 0 Å². The molecule has 0 bridgehead atoms. The zero-order chi connectivity index (χ0) is 9.56. The van der Waals surface area contributed by atoms with Gasteiger partial charge in [0.15, 0.2) is 6.04 Å². The van der Waals surface area contributed by atoms with E-state index in [-0.39, 0.29) is 6.10 Å². The van der Waals surface area contributed by atoms with Gasteiger partial charge in [-0.2, -0.15) is 5.26 Å². The molecule has 0 rings (SSSR count). The topological polar surface area (TPSA) is 85.3 Å². The Labute approximate surface area is 71.0 Å². The summed E-state index contributed by atoms with van der Waals surface area (Å²) in [7, 11) is 1.49. The molecule has 0 radical (unpaired) electrons. The van der Waals surface area contributed by atoms with E-state index in [1.807, 2.05) is 0 Å². The minimum absolute atomic E-state index is 0.296. The molecule has 0 aliphatic rings. The van der Waals surface area contributed by atoms with Crippen LogP contribution in [0.5, 0.6) is 0 Å². The molecule has 68 valence electrons. The maximum Gasteiger partial charge on any atom is 0.338 e. The van der Waals surface area contributed by atoms with Crippen LogP contribution in [0.1, 0.15) is 6.92 Å². The van der Waals surface area contributed by atoms with Crippen LogP contribution >= 0.6 is 0 Å². The van der Waals surface area contributed by atoms with E-state index in [0.717, 1.165) is 0 Å². The smallest absolute Gasteiger partial charge is 0.338 e. The highest BCUT2D eigenvalue weighted by molar-refractivity contribution is 5.78. The van der Waals surface area contributed by atoms with Crippen molar-refractivity contribution in [3.63, 3.8) is 0 Å². The summed E-state index contributed by atoms with van der Waals surface area (Å²) in [6, 6.07) is 0.370. The Balaban J connectivity index is 3.77. The molecule has 2 unspecified atom stereocenters. The predicted molar refractivity (Wildman–Crippen MR) is 41.0 cm³/mol. The molecule has 0 aromatic heterocycles. The van der Waals surface area contributed by atoms with E-state index in [4.69, 9.17) is 20.5 Å². The zero-order valence-electron chi connectivity index (χ0n) is 7.11. The van der Waals surface area contributed by atoms with Gasteiger partial charge in [0.05, 0.1) is 12.7 Å². The SMILES string of the molecule is COCC(C)OC(=O)C(N)C#N. The number of carbonyl (C=O) groups is 1. The Bertz CT molecular complexity index is 188. The molecular weight excluding hydrogens is 160 g/mol. The Hall–Kier alpha value is -1.12. The van der Waals surface area contributed by atoms with E-state index in [9.17, 15) is 4.79 Å². The van der Waals surface area contributed by atoms with Gasteiger partial charge in [-0.3, -0.25) is 0 Å². The van der Waals surface area contributed by atoms with Crippen molar-refractivity contribution in [2.45, 2.75) is 19.1 Å². The lowest BCUT2D eigenvalue weighted by Gasteiger charge is -2.12. The first kappa shape index (κ1) is 10.9. The van der Waals surface area contributed by atoms with E-state index in [0.29, 0.717) is 6.61 Å². The Kier molecular flexibility index (Phi) is 5.00. The number of nitrogens with two attached hydrogens (primary N) is 1. The fraction of sp³-hybridized carbons (Fsp3) is 0.714. The van der Waals surface area contributed by atoms with Crippen molar-refractivity contribution in [1.82, 2.24) is 0 Å². The summed E-state index contributed by atoms with van der Waals surface area (Å²) in [6.07, 6.45) is -0.373. The van der Waals surface area contributed by atoms with Crippen LogP contribution in [0.2, 0.25) is 0 Å². The summed E-state index contributed by atoms with van der Waals surface area (Å²) >= 11 is 0. The number of hydrogen-bond acceptors (Lipinski definition) is 5. The van der Waals surface area contributed by atoms with Gasteiger partial charge in [-0.1, -0.05) is 0 Å². The third-order valence-electron chi connectivity index (χ3n) is 1.11. The second-order valence-electron chi connectivity index (χ2n) is 2.31. The average molecular weight is 172 g/mol. The molecule has 2 N–H and O–H groups in total. The number of methoxy groups -OCH3 is 1. The highest BCUT2D eigenvalue weighted by Gasteiger charge is 2.16. The highest BCUT2D eigenvalue weighted by Crippen LogP contribution is 1.93. The maximum atomic E-state index is 10.8. The molecule has 5 nitrogen and oxygen atoms in total. The number of esters is 1. The summed E-state index contributed by atoms with van der Waals surface area (Å²) in [5.41, 5.74) is 5.08. The molecule has 0 saturated carbocycles. The lowest BCUT2D eigenvalue weighted by Crippen LogP contribution is -2.34. The molecule has 0 heterocycles. The normalized spacial score (nSPS) is 14.5. The van der Waals surface area contributed by atoms with Crippen molar-refractivity contribution >= 4 is 5.97 Å². The third kappa shape index (κ3) is 3.91. The van der Waals surface area contributed by atoms with Crippen molar-refractivity contribution in [3.05, 3.63) is 0 Å². The van der Waals surface area contributed by atoms with Crippen molar-refractivity contribution in [1.29, 1.82) is 5.26 Å². The first-order valence-corrected chi connectivity index (χ1v) is 3.46. The van der Waals surface area contributed by atoms with Crippen LogP contribution < -0.4 is 5.73 Å². The van der Waals surface area contributed by atoms with E-state index >= 15 is 0 Å². The van der Waals surface area contributed by atoms with E-state index in [1.165, 1.54) is 7.11 Å². The van der Waals surface area contributed by atoms with Crippen LogP contribution in [0.25, 0.3) is 0 Å². The summed E-state index contributed by atoms with van der Waals surface area (Å²) in [6.45, 7) is 1.95. The fourth-order valence-corrected chi connectivity index (χ4v) is 0.593. The summed E-state index contributed by atoms with van der Waals surface area (Å²) in [5.74, 6) is -0.720. The van der Waals surface area contributed by atoms with E-state index in [1.54, 1.807) is 13.0 Å². The van der Waals surface area contributed by atoms with Crippen molar-refractivity contribution in [2.75, 3.05) is 13.7 Å². The Morgan fingerprint density at radius 1 is 1.75 bits per heavy atom. The number of nitrogens with zero attached hydrogens (tertiary/aromatic N) is 1. The van der Waals surface area contributed by atoms with Crippen molar-refractivity contribution in [2.24, 2.45) is 5.73 Å². The van der Waals surface area contributed by atoms with Gasteiger partial charge in [-0.05, 0) is 6.92 Å². The zero-order valence-corrected chi connectivity index (χ0v) is 7.11. The minimum Gasteiger partial charge on any atom is -0.458 e. The number of carbonyl (C=O) groups excluding carboxylic acids is 1. The van der Waals surface area contributed by atoms with Crippen LogP contribution in [-0.4, -0.2) is 31.8 Å². The molecule has 0 amide bonds. The van der Waals surface area contributed by atoms with Gasteiger partial charge in [0.1, 0.15) is 6.10 Å². The van der Waals surface area contributed by atoms with Crippen LogP contribution in [0.4, 0.5) is 0 Å². The second-order valence-corrected chi connectivity index (χ2v) is 2.31. The van der Waals surface area contributed by atoms with Gasteiger partial charge < -0.3 is 15.2 Å². The van der Waals surface area contributed by atoms with Gasteiger partial charge in [0.25, 0.3) is 0 Å². The molecular formula is C7H12N2O3. The molecule has 0 aliphatic heterocycles. The van der Waals surface area contributed by atoms with Gasteiger partial charge >= 0.3 is 5.97 Å². The monoisotopic (exact) mass is 172 g/mol. The first-order valence-electron chi connectivity index (χ1n) is 3.46. The molecule has 12 heavy (non-hydrogen) atoms. The predicted octanol–water partition coefficient (Wildman–Crippen LogP) is -0.585. The minimum atomic E-state index is -1.20. The molecule has 0 saturated heterocycles. The lowest BCUT2D eigenvalue weighted by molar-refractivity contribution is -0.150. The number of nitriles is 1. The van der Waals surface area contributed by atoms with Gasteiger partial charge in [0, 0.05) is 7.11 Å². The summed E-state index contributed by atoms with van der Waals surface area (Å²) in [4.78, 5) is 10.8. The van der Waals surface area contributed by atoms with Crippen molar-refractivity contribution < 1.29 is 14.3 Å². The van der Waals surface area contributed by atoms with E-state index < -0.39 is 12.0 Å². The van der Waals surface area contributed by atoms with Crippen LogP contribution in [0, 0.1) is 11.3 Å². The molecule has 0 fully saturated rings. The third-order valence-corrected chi connectivity index (χ3v) is 1.11. The molecule has 0 aromatic carbocycles. The number of rotatable bonds is 4. The van der Waals surface area contributed by atoms with Gasteiger partial charge in [-0.25, -0.2) is 4.79 Å². The van der Waals surface area contributed by atoms with E-state index in [2.05, 4.69) is 0 Å². The van der Waals surface area contributed by atoms with Crippen LogP contribution in [-0.2, 0) is 14.3 Å². The summed E-state index contributed by atoms with van der Waals surface area (Å²) < 4.78 is 9.45. The average Bonchev–Trinajstić information content (AvgIpc) is 2.03. The fourth-order valence-electron chi connectivity index (χ4n) is 0.593. The van der Waals surface area contributed by atoms with Crippen molar-refractivity contribution in [3.8, 4) is 6.07 Å². The van der Waals surface area contributed by atoms with Crippen LogP contribution in [0.15, 0.2) is 0 Å². The molecule has 0 spiro atoms. The number of hydrogen-bond donors (Lipinski definition) is 1. The quantitative estimate of drug-likeness (QED) is 0.573. The molecule has 5 heteroatoms. The molecule has 0 aromatic rings. The Morgan fingerprint density at radius 3 is 2.75 bits per heavy atom. The summed E-state index contributed by atoms with van der Waals surface area (Å²) in [5, 5.41) is 8.24. The highest BCUT2D eigenvalue weighted by atomic mass is 16.6. The molecule has 0 aliphatic carbocycles. The largest absolute Gasteiger partial charge is 0.458 e. The second kappa shape index (κ2) is 5.52. The Morgan fingerprint density at radius 2 is 2.33 bits per heavy atom. The lowest BCUT2D eigenvalue weighted by atomic mass is 10.3. The number of ether oxygens (including phenoxy) is 2. The van der Waals surface area contributed by atoms with Gasteiger partial charge in [-0.15, -0.1) is 0 Å².